The van der Waals surface area contributed by atoms with Crippen molar-refractivity contribution >= 4 is 17.6 Å². The summed E-state index contributed by atoms with van der Waals surface area (Å²) in [5.74, 6) is 0.677. The number of piperidine rings is 1. The first kappa shape index (κ1) is 21.6. The predicted molar refractivity (Wildman–Crippen MR) is 114 cm³/mol. The molecule has 2 heterocycles. The molecule has 3 rings (SSSR count). The van der Waals surface area contributed by atoms with Gasteiger partial charge in [0, 0.05) is 50.9 Å². The molecule has 0 aliphatic carbocycles. The Hall–Kier alpha value is -2.12. The van der Waals surface area contributed by atoms with Crippen LogP contribution in [0.15, 0.2) is 30.3 Å². The van der Waals surface area contributed by atoms with Gasteiger partial charge in [-0.25, -0.2) is 4.79 Å². The fourth-order valence-electron chi connectivity index (χ4n) is 4.01. The summed E-state index contributed by atoms with van der Waals surface area (Å²) < 4.78 is 5.82. The molecule has 0 bridgehead atoms. The minimum Gasteiger partial charge on any atom is -0.374 e. The molecule has 29 heavy (non-hydrogen) atoms. The Labute approximate surface area is 173 Å². The van der Waals surface area contributed by atoms with Crippen LogP contribution in [0.3, 0.4) is 0 Å². The Bertz CT molecular complexity index is 659. The van der Waals surface area contributed by atoms with Crippen molar-refractivity contribution < 1.29 is 14.3 Å². The number of para-hydroxylation sites is 1. The molecule has 1 aromatic rings. The lowest BCUT2D eigenvalue weighted by Gasteiger charge is -2.35. The summed E-state index contributed by atoms with van der Waals surface area (Å²) in [5.41, 5.74) is 0.788. The third-order valence-electron chi connectivity index (χ3n) is 5.53. The van der Waals surface area contributed by atoms with Gasteiger partial charge in [-0.3, -0.25) is 9.69 Å². The molecular weight excluding hydrogens is 368 g/mol. The number of morpholine rings is 1. The van der Waals surface area contributed by atoms with Crippen LogP contribution in [0.4, 0.5) is 10.5 Å². The van der Waals surface area contributed by atoms with Crippen LogP contribution in [-0.2, 0) is 9.53 Å². The van der Waals surface area contributed by atoms with Gasteiger partial charge in [-0.1, -0.05) is 32.0 Å². The van der Waals surface area contributed by atoms with Gasteiger partial charge < -0.3 is 20.3 Å². The number of benzene rings is 1. The minimum absolute atomic E-state index is 0.0360. The Morgan fingerprint density at radius 2 is 1.86 bits per heavy atom. The van der Waals surface area contributed by atoms with Gasteiger partial charge in [-0.15, -0.1) is 0 Å². The molecule has 0 spiro atoms. The molecule has 3 amide bonds. The highest BCUT2D eigenvalue weighted by molar-refractivity contribution is 5.89. The maximum absolute atomic E-state index is 12.6. The van der Waals surface area contributed by atoms with E-state index in [-0.39, 0.29) is 24.0 Å². The van der Waals surface area contributed by atoms with Crippen LogP contribution < -0.4 is 10.6 Å². The molecule has 7 nitrogen and oxygen atoms in total. The standard InChI is InChI=1S/C22H34N4O3/c1-17(2)15-25-12-13-29-20(16-25)14-23-21(27)18-8-10-26(11-9-18)22(28)24-19-6-4-3-5-7-19/h3-7,17-18,20H,8-16H2,1-2H3,(H,23,27)(H,24,28). The summed E-state index contributed by atoms with van der Waals surface area (Å²) >= 11 is 0. The van der Waals surface area contributed by atoms with E-state index < -0.39 is 0 Å². The van der Waals surface area contributed by atoms with Crippen LogP contribution in [0.25, 0.3) is 0 Å². The maximum Gasteiger partial charge on any atom is 0.321 e. The molecule has 2 N–H and O–H groups in total. The van der Waals surface area contributed by atoms with Gasteiger partial charge in [0.25, 0.3) is 0 Å². The summed E-state index contributed by atoms with van der Waals surface area (Å²) in [5, 5.41) is 5.98. The maximum atomic E-state index is 12.6. The minimum atomic E-state index is -0.101. The topological polar surface area (TPSA) is 73.9 Å². The number of nitrogens with zero attached hydrogens (tertiary/aromatic N) is 2. The summed E-state index contributed by atoms with van der Waals surface area (Å²) in [7, 11) is 0. The first-order valence-corrected chi connectivity index (χ1v) is 10.7. The number of urea groups is 1. The van der Waals surface area contributed by atoms with Gasteiger partial charge >= 0.3 is 6.03 Å². The van der Waals surface area contributed by atoms with E-state index in [4.69, 9.17) is 4.74 Å². The number of nitrogens with one attached hydrogen (secondary N) is 2. The second kappa shape index (κ2) is 10.6. The average Bonchev–Trinajstić information content (AvgIpc) is 2.72. The summed E-state index contributed by atoms with van der Waals surface area (Å²) in [6.45, 7) is 9.82. The van der Waals surface area contributed by atoms with Crippen LogP contribution in [0.2, 0.25) is 0 Å². The molecule has 1 atom stereocenters. The van der Waals surface area contributed by atoms with Crippen molar-refractivity contribution in [2.75, 3.05) is 51.2 Å². The normalized spacial score (nSPS) is 21.2. The van der Waals surface area contributed by atoms with Crippen LogP contribution in [0.5, 0.6) is 0 Å². The Morgan fingerprint density at radius 3 is 2.55 bits per heavy atom. The quantitative estimate of drug-likeness (QED) is 0.766. The number of likely N-dealkylation sites (tertiary alicyclic amines) is 1. The van der Waals surface area contributed by atoms with Crippen molar-refractivity contribution in [1.29, 1.82) is 0 Å². The number of carbonyl (C=O) groups excluding carboxylic acids is 2. The number of carbonyl (C=O) groups is 2. The zero-order valence-electron chi connectivity index (χ0n) is 17.6. The fraction of sp³-hybridized carbons (Fsp3) is 0.636. The van der Waals surface area contributed by atoms with Crippen molar-refractivity contribution in [2.24, 2.45) is 11.8 Å². The van der Waals surface area contributed by atoms with Gasteiger partial charge in [0.15, 0.2) is 0 Å². The van der Waals surface area contributed by atoms with Crippen LogP contribution in [-0.4, -0.2) is 73.7 Å². The predicted octanol–water partition coefficient (Wildman–Crippen LogP) is 2.40. The van der Waals surface area contributed by atoms with E-state index >= 15 is 0 Å². The fourth-order valence-corrected chi connectivity index (χ4v) is 4.01. The summed E-state index contributed by atoms with van der Waals surface area (Å²) in [6.07, 6.45) is 1.45. The molecule has 2 aliphatic rings. The van der Waals surface area contributed by atoms with Gasteiger partial charge in [-0.2, -0.15) is 0 Å². The van der Waals surface area contributed by atoms with E-state index in [0.717, 1.165) is 31.9 Å². The molecule has 7 heteroatoms. The van der Waals surface area contributed by atoms with Crippen molar-refractivity contribution in [3.05, 3.63) is 30.3 Å². The highest BCUT2D eigenvalue weighted by Crippen LogP contribution is 2.19. The number of rotatable bonds is 6. The van der Waals surface area contributed by atoms with Crippen LogP contribution in [0.1, 0.15) is 26.7 Å². The molecule has 1 unspecified atom stereocenters. The van der Waals surface area contributed by atoms with Gasteiger partial charge in [-0.05, 0) is 30.9 Å². The third kappa shape index (κ3) is 6.72. The Balaban J connectivity index is 1.37. The van der Waals surface area contributed by atoms with Crippen molar-refractivity contribution in [3.63, 3.8) is 0 Å². The molecule has 0 saturated carbocycles. The Morgan fingerprint density at radius 1 is 1.14 bits per heavy atom. The molecule has 0 radical (unpaired) electrons. The second-order valence-electron chi connectivity index (χ2n) is 8.45. The zero-order valence-corrected chi connectivity index (χ0v) is 17.6. The summed E-state index contributed by atoms with van der Waals surface area (Å²) in [4.78, 5) is 29.1. The molecule has 160 valence electrons. The zero-order chi connectivity index (χ0) is 20.6. The number of amides is 3. The number of anilines is 1. The molecule has 2 aliphatic heterocycles. The molecule has 1 aromatic carbocycles. The van der Waals surface area contributed by atoms with Gasteiger partial charge in [0.05, 0.1) is 12.7 Å². The monoisotopic (exact) mass is 402 g/mol. The first-order valence-electron chi connectivity index (χ1n) is 10.7. The van der Waals surface area contributed by atoms with Gasteiger partial charge in [0.2, 0.25) is 5.91 Å². The van der Waals surface area contributed by atoms with E-state index in [2.05, 4.69) is 29.4 Å². The van der Waals surface area contributed by atoms with Crippen molar-refractivity contribution in [2.45, 2.75) is 32.8 Å². The lowest BCUT2D eigenvalue weighted by atomic mass is 9.96. The van der Waals surface area contributed by atoms with E-state index in [1.54, 1.807) is 4.90 Å². The van der Waals surface area contributed by atoms with E-state index in [0.29, 0.717) is 38.4 Å². The largest absolute Gasteiger partial charge is 0.374 e. The molecule has 2 saturated heterocycles. The second-order valence-corrected chi connectivity index (χ2v) is 8.45. The van der Waals surface area contributed by atoms with Crippen LogP contribution >= 0.6 is 0 Å². The highest BCUT2D eigenvalue weighted by Gasteiger charge is 2.28. The van der Waals surface area contributed by atoms with Crippen LogP contribution in [0, 0.1) is 11.8 Å². The van der Waals surface area contributed by atoms with E-state index in [1.165, 1.54) is 0 Å². The number of hydrogen-bond donors (Lipinski definition) is 2. The number of hydrogen-bond acceptors (Lipinski definition) is 4. The van der Waals surface area contributed by atoms with Crippen molar-refractivity contribution in [3.8, 4) is 0 Å². The Kier molecular flexibility index (Phi) is 7.89. The third-order valence-corrected chi connectivity index (χ3v) is 5.53. The molecule has 2 fully saturated rings. The smallest absolute Gasteiger partial charge is 0.321 e. The van der Waals surface area contributed by atoms with E-state index in [9.17, 15) is 9.59 Å². The highest BCUT2D eigenvalue weighted by atomic mass is 16.5. The SMILES string of the molecule is CC(C)CN1CCOC(CNC(=O)C2CCN(C(=O)Nc3ccccc3)CC2)C1. The molecule has 0 aromatic heterocycles. The molecular formula is C22H34N4O3. The first-order chi connectivity index (χ1) is 14.0. The van der Waals surface area contributed by atoms with Crippen molar-refractivity contribution in [1.82, 2.24) is 15.1 Å². The average molecular weight is 403 g/mol. The lowest BCUT2D eigenvalue weighted by Crippen LogP contribution is -2.50. The lowest BCUT2D eigenvalue weighted by molar-refractivity contribution is -0.127. The van der Waals surface area contributed by atoms with E-state index in [1.807, 2.05) is 30.3 Å². The van der Waals surface area contributed by atoms with Gasteiger partial charge in [0.1, 0.15) is 0 Å². The number of ether oxygens (including phenoxy) is 1. The summed E-state index contributed by atoms with van der Waals surface area (Å²) in [6, 6.07) is 9.34.